The lowest BCUT2D eigenvalue weighted by Gasteiger charge is -2.08. The van der Waals surface area contributed by atoms with Gasteiger partial charge in [0.1, 0.15) is 11.6 Å². The minimum atomic E-state index is -0.0631. The van der Waals surface area contributed by atoms with Gasteiger partial charge >= 0.3 is 0 Å². The van der Waals surface area contributed by atoms with E-state index in [1.807, 2.05) is 6.92 Å². The monoisotopic (exact) mass is 212 g/mol. The SMILES string of the molecule is Cc1ccc(C(N)=S)c(OCCO)n1. The third-order valence-electron chi connectivity index (χ3n) is 1.60. The number of ether oxygens (including phenoxy) is 1. The quantitative estimate of drug-likeness (QED) is 0.707. The number of rotatable bonds is 4. The minimum absolute atomic E-state index is 0.0631. The maximum Gasteiger partial charge on any atom is 0.224 e. The Balaban J connectivity index is 2.97. The second kappa shape index (κ2) is 4.88. The molecular formula is C9H12N2O2S. The van der Waals surface area contributed by atoms with Crippen molar-refractivity contribution in [2.45, 2.75) is 6.92 Å². The number of nitrogens with two attached hydrogens (primary N) is 1. The number of aliphatic hydroxyl groups excluding tert-OH is 1. The molecule has 0 aliphatic rings. The summed E-state index contributed by atoms with van der Waals surface area (Å²) in [6, 6.07) is 3.57. The van der Waals surface area contributed by atoms with Crippen molar-refractivity contribution in [1.82, 2.24) is 4.98 Å². The third kappa shape index (κ3) is 2.65. The van der Waals surface area contributed by atoms with E-state index in [1.165, 1.54) is 0 Å². The fraction of sp³-hybridized carbons (Fsp3) is 0.333. The smallest absolute Gasteiger partial charge is 0.224 e. The first kappa shape index (κ1) is 10.9. The molecule has 0 spiro atoms. The van der Waals surface area contributed by atoms with Crippen molar-refractivity contribution in [2.24, 2.45) is 5.73 Å². The van der Waals surface area contributed by atoms with E-state index in [1.54, 1.807) is 12.1 Å². The number of nitrogens with zero attached hydrogens (tertiary/aromatic N) is 1. The van der Waals surface area contributed by atoms with Gasteiger partial charge in [-0.2, -0.15) is 0 Å². The summed E-state index contributed by atoms with van der Waals surface area (Å²) in [6.45, 7) is 1.97. The third-order valence-corrected chi connectivity index (χ3v) is 1.81. The summed E-state index contributed by atoms with van der Waals surface area (Å²) in [6.07, 6.45) is 0. The van der Waals surface area contributed by atoms with E-state index in [2.05, 4.69) is 4.98 Å². The summed E-state index contributed by atoms with van der Waals surface area (Å²) in [5.41, 5.74) is 6.90. The molecule has 0 amide bonds. The maximum absolute atomic E-state index is 8.61. The van der Waals surface area contributed by atoms with E-state index in [9.17, 15) is 0 Å². The average molecular weight is 212 g/mol. The fourth-order valence-corrected chi connectivity index (χ4v) is 1.13. The zero-order valence-electron chi connectivity index (χ0n) is 7.86. The number of aliphatic hydroxyl groups is 1. The Morgan fingerprint density at radius 3 is 2.93 bits per heavy atom. The van der Waals surface area contributed by atoms with Crippen LogP contribution >= 0.6 is 12.2 Å². The summed E-state index contributed by atoms with van der Waals surface area (Å²) in [5.74, 6) is 0.381. The van der Waals surface area contributed by atoms with Crippen LogP contribution in [0.1, 0.15) is 11.3 Å². The Morgan fingerprint density at radius 1 is 1.64 bits per heavy atom. The fourth-order valence-electron chi connectivity index (χ4n) is 0.973. The first-order chi connectivity index (χ1) is 6.65. The van der Waals surface area contributed by atoms with Crippen molar-refractivity contribution in [2.75, 3.05) is 13.2 Å². The number of pyridine rings is 1. The molecule has 0 radical (unpaired) electrons. The van der Waals surface area contributed by atoms with Crippen molar-refractivity contribution < 1.29 is 9.84 Å². The summed E-state index contributed by atoms with van der Waals surface area (Å²) >= 11 is 4.84. The summed E-state index contributed by atoms with van der Waals surface area (Å²) in [4.78, 5) is 4.37. The first-order valence-corrected chi connectivity index (χ1v) is 4.57. The van der Waals surface area contributed by atoms with Gasteiger partial charge in [0.2, 0.25) is 5.88 Å². The van der Waals surface area contributed by atoms with Gasteiger partial charge in [-0.25, -0.2) is 4.98 Å². The van der Waals surface area contributed by atoms with Gasteiger partial charge in [0.05, 0.1) is 12.2 Å². The summed E-state index contributed by atoms with van der Waals surface area (Å²) < 4.78 is 5.20. The van der Waals surface area contributed by atoms with Crippen LogP contribution in [0.3, 0.4) is 0 Å². The van der Waals surface area contributed by atoms with Crippen LogP contribution in [0.2, 0.25) is 0 Å². The predicted molar refractivity (Wildman–Crippen MR) is 57.4 cm³/mol. The van der Waals surface area contributed by atoms with Crippen molar-refractivity contribution in [3.63, 3.8) is 0 Å². The van der Waals surface area contributed by atoms with Crippen LogP contribution < -0.4 is 10.5 Å². The normalized spacial score (nSPS) is 9.86. The van der Waals surface area contributed by atoms with Crippen LogP contribution in [0.5, 0.6) is 5.88 Å². The molecule has 0 aliphatic carbocycles. The van der Waals surface area contributed by atoms with Gasteiger partial charge in [0, 0.05) is 5.69 Å². The molecule has 0 bridgehead atoms. The highest BCUT2D eigenvalue weighted by Gasteiger charge is 2.07. The van der Waals surface area contributed by atoms with Gasteiger partial charge in [-0.05, 0) is 19.1 Å². The van der Waals surface area contributed by atoms with Crippen LogP contribution in [0.4, 0.5) is 0 Å². The van der Waals surface area contributed by atoms with Crippen molar-refractivity contribution in [3.05, 3.63) is 23.4 Å². The van der Waals surface area contributed by atoms with Gasteiger partial charge in [-0.15, -0.1) is 0 Å². The standard InChI is InChI=1S/C9H12N2O2S/c1-6-2-3-7(8(10)14)9(11-6)13-5-4-12/h2-3,12H,4-5H2,1H3,(H2,10,14). The number of aryl methyl sites for hydroxylation is 1. The Bertz CT molecular complexity index is 342. The summed E-state index contributed by atoms with van der Waals surface area (Å²) in [7, 11) is 0. The number of hydrogen-bond donors (Lipinski definition) is 2. The topological polar surface area (TPSA) is 68.4 Å². The molecule has 4 nitrogen and oxygen atoms in total. The highest BCUT2D eigenvalue weighted by Crippen LogP contribution is 2.15. The zero-order valence-corrected chi connectivity index (χ0v) is 8.67. The van der Waals surface area contributed by atoms with E-state index in [-0.39, 0.29) is 18.2 Å². The predicted octanol–water partition coefficient (Wildman–Crippen LogP) is 0.395. The molecule has 1 heterocycles. The summed E-state index contributed by atoms with van der Waals surface area (Å²) in [5, 5.41) is 8.61. The molecular weight excluding hydrogens is 200 g/mol. The van der Waals surface area contributed by atoms with Crippen LogP contribution in [0.25, 0.3) is 0 Å². The van der Waals surface area contributed by atoms with Gasteiger partial charge in [-0.1, -0.05) is 12.2 Å². The van der Waals surface area contributed by atoms with Crippen LogP contribution in [0.15, 0.2) is 12.1 Å². The van der Waals surface area contributed by atoms with E-state index >= 15 is 0 Å². The van der Waals surface area contributed by atoms with E-state index in [0.29, 0.717) is 11.4 Å². The van der Waals surface area contributed by atoms with E-state index in [0.717, 1.165) is 5.69 Å². The highest BCUT2D eigenvalue weighted by molar-refractivity contribution is 7.80. The largest absolute Gasteiger partial charge is 0.475 e. The van der Waals surface area contributed by atoms with E-state index in [4.69, 9.17) is 27.8 Å². The van der Waals surface area contributed by atoms with Gasteiger partial charge in [0.25, 0.3) is 0 Å². The second-order valence-corrected chi connectivity index (χ2v) is 3.18. The van der Waals surface area contributed by atoms with Crippen molar-refractivity contribution in [3.8, 4) is 5.88 Å². The Kier molecular flexibility index (Phi) is 3.79. The Morgan fingerprint density at radius 2 is 2.36 bits per heavy atom. The second-order valence-electron chi connectivity index (χ2n) is 2.74. The molecule has 14 heavy (non-hydrogen) atoms. The first-order valence-electron chi connectivity index (χ1n) is 4.16. The van der Waals surface area contributed by atoms with Crippen molar-refractivity contribution in [1.29, 1.82) is 0 Å². The highest BCUT2D eigenvalue weighted by atomic mass is 32.1. The molecule has 0 aliphatic heterocycles. The molecule has 0 saturated carbocycles. The van der Waals surface area contributed by atoms with Crippen LogP contribution in [-0.2, 0) is 0 Å². The molecule has 1 aromatic heterocycles. The van der Waals surface area contributed by atoms with Gasteiger partial charge < -0.3 is 15.6 Å². The lowest BCUT2D eigenvalue weighted by atomic mass is 10.2. The van der Waals surface area contributed by atoms with E-state index < -0.39 is 0 Å². The van der Waals surface area contributed by atoms with Crippen LogP contribution in [0, 0.1) is 6.92 Å². The maximum atomic E-state index is 8.61. The minimum Gasteiger partial charge on any atom is -0.475 e. The average Bonchev–Trinajstić information content (AvgIpc) is 2.14. The zero-order chi connectivity index (χ0) is 10.6. The lowest BCUT2D eigenvalue weighted by molar-refractivity contribution is 0.196. The molecule has 0 fully saturated rings. The van der Waals surface area contributed by atoms with Gasteiger partial charge in [-0.3, -0.25) is 0 Å². The van der Waals surface area contributed by atoms with Crippen LogP contribution in [-0.4, -0.2) is 28.3 Å². The molecule has 3 N–H and O–H groups in total. The molecule has 5 heteroatoms. The Hall–Kier alpha value is -1.20. The molecule has 1 aromatic rings. The lowest BCUT2D eigenvalue weighted by Crippen LogP contribution is -2.14. The number of thiocarbonyl (C=S) groups is 1. The molecule has 1 rings (SSSR count). The Labute approximate surface area is 87.7 Å². The van der Waals surface area contributed by atoms with Crippen molar-refractivity contribution >= 4 is 17.2 Å². The molecule has 0 aromatic carbocycles. The number of hydrogen-bond acceptors (Lipinski definition) is 4. The molecule has 0 atom stereocenters. The molecule has 0 saturated heterocycles. The molecule has 0 unspecified atom stereocenters. The molecule has 76 valence electrons. The van der Waals surface area contributed by atoms with Gasteiger partial charge in [0.15, 0.2) is 0 Å². The number of aromatic nitrogens is 1.